The number of carbonyl (C=O) groups is 1. The quantitative estimate of drug-likeness (QED) is 0.457. The number of nitrogens with one attached hydrogen (secondary N) is 2. The molecule has 0 aliphatic carbocycles. The van der Waals surface area contributed by atoms with Crippen molar-refractivity contribution in [3.05, 3.63) is 53.6 Å². The second-order valence-corrected chi connectivity index (χ2v) is 3.78. The number of amides is 1. The number of anilines is 2. The topological polar surface area (TPSA) is 80.0 Å². The molecule has 4 N–H and O–H groups in total. The molecule has 1 heterocycles. The smallest absolute Gasteiger partial charge is 0.274 e. The Morgan fingerprint density at radius 3 is 2.25 bits per heavy atom. The summed E-state index contributed by atoms with van der Waals surface area (Å²) in [6.45, 7) is 0. The molecule has 0 atom stereocenters. The molecule has 20 heavy (non-hydrogen) atoms. The average molecular weight is 282 g/mol. The fraction of sp³-hybridized carbons (Fsp3) is 0. The lowest BCUT2D eigenvalue weighted by Crippen LogP contribution is -2.15. The first-order valence-electron chi connectivity index (χ1n) is 5.40. The summed E-state index contributed by atoms with van der Waals surface area (Å²) in [6.07, 6.45) is 1.31. The minimum absolute atomic E-state index is 0.00846. The molecule has 0 aliphatic heterocycles. The van der Waals surface area contributed by atoms with E-state index in [9.17, 15) is 18.0 Å². The van der Waals surface area contributed by atoms with Gasteiger partial charge < -0.3 is 10.7 Å². The van der Waals surface area contributed by atoms with Gasteiger partial charge in [0.25, 0.3) is 5.91 Å². The summed E-state index contributed by atoms with van der Waals surface area (Å²) >= 11 is 0. The fourth-order valence-corrected chi connectivity index (χ4v) is 1.44. The van der Waals surface area contributed by atoms with Crippen LogP contribution in [0.1, 0.15) is 10.5 Å². The van der Waals surface area contributed by atoms with Crippen LogP contribution >= 0.6 is 0 Å². The largest absolute Gasteiger partial charge is 0.323 e. The Balaban J connectivity index is 2.18. The van der Waals surface area contributed by atoms with Gasteiger partial charge in [0.15, 0.2) is 17.5 Å². The monoisotopic (exact) mass is 282 g/mol. The molecular weight excluding hydrogens is 273 g/mol. The first-order chi connectivity index (χ1) is 9.51. The summed E-state index contributed by atoms with van der Waals surface area (Å²) in [4.78, 5) is 15.5. The molecule has 0 saturated carbocycles. The molecule has 2 rings (SSSR count). The van der Waals surface area contributed by atoms with Gasteiger partial charge in [0.05, 0.1) is 11.9 Å². The van der Waals surface area contributed by atoms with E-state index in [1.165, 1.54) is 18.3 Å². The highest BCUT2D eigenvalue weighted by Gasteiger charge is 2.13. The first kappa shape index (κ1) is 13.8. The van der Waals surface area contributed by atoms with E-state index in [-0.39, 0.29) is 11.4 Å². The molecule has 5 nitrogen and oxygen atoms in total. The molecule has 0 saturated heterocycles. The molecule has 0 bridgehead atoms. The highest BCUT2D eigenvalue weighted by atomic mass is 19.2. The van der Waals surface area contributed by atoms with Crippen molar-refractivity contribution in [1.82, 2.24) is 4.98 Å². The molecule has 0 aliphatic rings. The standard InChI is InChI=1S/C12H9F3N4O/c13-8-3-7(4-9(14)11(8)15)18-12(20)10-2-1-6(19-16)5-17-10/h1-5,19H,16H2,(H,18,20). The molecule has 1 amide bonds. The number of halogens is 3. The minimum atomic E-state index is -1.60. The molecule has 1 aromatic heterocycles. The zero-order valence-corrected chi connectivity index (χ0v) is 9.95. The van der Waals surface area contributed by atoms with Crippen molar-refractivity contribution in [1.29, 1.82) is 0 Å². The Bertz CT molecular complexity index is 623. The summed E-state index contributed by atoms with van der Waals surface area (Å²) in [5.74, 6) is 0.0592. The van der Waals surface area contributed by atoms with Gasteiger partial charge in [0.2, 0.25) is 0 Å². The highest BCUT2D eigenvalue weighted by Crippen LogP contribution is 2.18. The summed E-state index contributed by atoms with van der Waals surface area (Å²) in [6, 6.07) is 4.20. The third-order valence-corrected chi connectivity index (χ3v) is 2.40. The summed E-state index contributed by atoms with van der Waals surface area (Å²) in [7, 11) is 0. The van der Waals surface area contributed by atoms with E-state index >= 15 is 0 Å². The van der Waals surface area contributed by atoms with Crippen LogP contribution in [0, 0.1) is 17.5 Å². The second-order valence-electron chi connectivity index (χ2n) is 3.78. The first-order valence-corrected chi connectivity index (χ1v) is 5.40. The molecule has 0 spiro atoms. The van der Waals surface area contributed by atoms with Crippen LogP contribution in [0.3, 0.4) is 0 Å². The number of carbonyl (C=O) groups excluding carboxylic acids is 1. The Hall–Kier alpha value is -2.61. The van der Waals surface area contributed by atoms with E-state index in [1.54, 1.807) is 0 Å². The number of nitrogen functional groups attached to an aromatic ring is 1. The van der Waals surface area contributed by atoms with E-state index in [0.29, 0.717) is 17.8 Å². The molecule has 0 fully saturated rings. The van der Waals surface area contributed by atoms with Crippen molar-refractivity contribution in [2.45, 2.75) is 0 Å². The average Bonchev–Trinajstić information content (AvgIpc) is 2.44. The molecule has 8 heteroatoms. The van der Waals surface area contributed by atoms with Gasteiger partial charge in [0, 0.05) is 17.8 Å². The molecule has 0 unspecified atom stereocenters. The van der Waals surface area contributed by atoms with Crippen LogP contribution < -0.4 is 16.6 Å². The van der Waals surface area contributed by atoms with Crippen molar-refractivity contribution in [2.24, 2.45) is 5.84 Å². The van der Waals surface area contributed by atoms with Gasteiger partial charge in [-0.15, -0.1) is 0 Å². The number of rotatable bonds is 3. The Morgan fingerprint density at radius 1 is 1.10 bits per heavy atom. The number of nitrogens with two attached hydrogens (primary N) is 1. The zero-order chi connectivity index (χ0) is 14.7. The Kier molecular flexibility index (Phi) is 3.85. The fourth-order valence-electron chi connectivity index (χ4n) is 1.44. The molecule has 0 radical (unpaired) electrons. The number of hydrazine groups is 1. The van der Waals surface area contributed by atoms with Gasteiger partial charge in [0.1, 0.15) is 5.69 Å². The van der Waals surface area contributed by atoms with Gasteiger partial charge in [-0.25, -0.2) is 18.2 Å². The summed E-state index contributed by atoms with van der Waals surface area (Å²) < 4.78 is 38.7. The lowest BCUT2D eigenvalue weighted by atomic mass is 10.2. The molecule has 2 aromatic rings. The van der Waals surface area contributed by atoms with E-state index in [1.807, 2.05) is 0 Å². The number of benzene rings is 1. The maximum absolute atomic E-state index is 13.0. The predicted molar refractivity (Wildman–Crippen MR) is 66.3 cm³/mol. The lowest BCUT2D eigenvalue weighted by Gasteiger charge is -2.06. The Morgan fingerprint density at radius 2 is 1.75 bits per heavy atom. The van der Waals surface area contributed by atoms with Crippen molar-refractivity contribution < 1.29 is 18.0 Å². The van der Waals surface area contributed by atoms with Gasteiger partial charge >= 0.3 is 0 Å². The molecular formula is C12H9F3N4O. The van der Waals surface area contributed by atoms with Gasteiger partial charge in [-0.05, 0) is 12.1 Å². The van der Waals surface area contributed by atoms with Gasteiger partial charge in [-0.2, -0.15) is 0 Å². The van der Waals surface area contributed by atoms with E-state index in [4.69, 9.17) is 5.84 Å². The third kappa shape index (κ3) is 2.86. The van der Waals surface area contributed by atoms with Crippen LogP contribution in [0.5, 0.6) is 0 Å². The van der Waals surface area contributed by atoms with Crippen LogP contribution in [-0.4, -0.2) is 10.9 Å². The predicted octanol–water partition coefficient (Wildman–Crippen LogP) is 2.04. The minimum Gasteiger partial charge on any atom is -0.323 e. The van der Waals surface area contributed by atoms with Crippen LogP contribution in [0.4, 0.5) is 24.5 Å². The van der Waals surface area contributed by atoms with E-state index in [0.717, 1.165) is 0 Å². The normalized spacial score (nSPS) is 10.2. The maximum atomic E-state index is 13.0. The second kappa shape index (κ2) is 5.57. The van der Waals surface area contributed by atoms with Crippen molar-refractivity contribution in [3.8, 4) is 0 Å². The summed E-state index contributed by atoms with van der Waals surface area (Å²) in [5, 5.41) is 2.20. The number of hydrogen-bond acceptors (Lipinski definition) is 4. The number of hydrogen-bond donors (Lipinski definition) is 3. The summed E-state index contributed by atoms with van der Waals surface area (Å²) in [5.41, 5.74) is 2.61. The van der Waals surface area contributed by atoms with Crippen LogP contribution in [0.15, 0.2) is 30.5 Å². The number of nitrogens with zero attached hydrogens (tertiary/aromatic N) is 1. The van der Waals surface area contributed by atoms with Gasteiger partial charge in [-0.1, -0.05) is 0 Å². The van der Waals surface area contributed by atoms with Crippen LogP contribution in [0.2, 0.25) is 0 Å². The Labute approximate surface area is 111 Å². The maximum Gasteiger partial charge on any atom is 0.274 e. The van der Waals surface area contributed by atoms with Crippen molar-refractivity contribution in [2.75, 3.05) is 10.7 Å². The SMILES string of the molecule is NNc1ccc(C(=O)Nc2cc(F)c(F)c(F)c2)nc1. The molecule has 104 valence electrons. The molecule has 1 aromatic carbocycles. The highest BCUT2D eigenvalue weighted by molar-refractivity contribution is 6.02. The van der Waals surface area contributed by atoms with Gasteiger partial charge in [-0.3, -0.25) is 10.6 Å². The van der Waals surface area contributed by atoms with E-state index in [2.05, 4.69) is 15.7 Å². The lowest BCUT2D eigenvalue weighted by molar-refractivity contribution is 0.102. The van der Waals surface area contributed by atoms with Crippen LogP contribution in [0.25, 0.3) is 0 Å². The number of aromatic nitrogens is 1. The number of pyridine rings is 1. The third-order valence-electron chi connectivity index (χ3n) is 2.40. The van der Waals surface area contributed by atoms with Crippen molar-refractivity contribution >= 4 is 17.3 Å². The van der Waals surface area contributed by atoms with E-state index < -0.39 is 23.4 Å². The zero-order valence-electron chi connectivity index (χ0n) is 9.95. The van der Waals surface area contributed by atoms with Crippen LogP contribution in [-0.2, 0) is 0 Å². The van der Waals surface area contributed by atoms with Crippen molar-refractivity contribution in [3.63, 3.8) is 0 Å².